The Labute approximate surface area is 114 Å². The smallest absolute Gasteiger partial charge is 0.411 e. The van der Waals surface area contributed by atoms with Gasteiger partial charge in [-0.2, -0.15) is 12.6 Å². The summed E-state index contributed by atoms with van der Waals surface area (Å²) in [7, 11) is 0. The van der Waals surface area contributed by atoms with Crippen LogP contribution in [0.25, 0.3) is 0 Å². The van der Waals surface area contributed by atoms with Gasteiger partial charge in [0.05, 0.1) is 0 Å². The molecule has 0 radical (unpaired) electrons. The van der Waals surface area contributed by atoms with E-state index in [-0.39, 0.29) is 5.75 Å². The van der Waals surface area contributed by atoms with Crippen LogP contribution in [0.3, 0.4) is 0 Å². The summed E-state index contributed by atoms with van der Waals surface area (Å²) in [5, 5.41) is 9.16. The van der Waals surface area contributed by atoms with Crippen LogP contribution in [-0.2, 0) is 9.53 Å². The molecule has 6 heteroatoms. The van der Waals surface area contributed by atoms with Gasteiger partial charge in [0.2, 0.25) is 0 Å². The van der Waals surface area contributed by atoms with Crippen LogP contribution >= 0.6 is 12.6 Å². The Morgan fingerprint density at radius 2 is 1.67 bits per heavy atom. The number of carboxylic acids is 1. The van der Waals surface area contributed by atoms with Crippen molar-refractivity contribution in [3.8, 4) is 0 Å². The summed E-state index contributed by atoms with van der Waals surface area (Å²) in [6.07, 6.45) is -0.642. The fraction of sp³-hybridized carbons (Fsp3) is 0.833. The molecule has 0 unspecified atom stereocenters. The second-order valence-corrected chi connectivity index (χ2v) is 6.42. The van der Waals surface area contributed by atoms with Crippen molar-refractivity contribution in [3.05, 3.63) is 0 Å². The first-order valence-corrected chi connectivity index (χ1v) is 6.39. The second-order valence-electron chi connectivity index (χ2n) is 6.06. The Morgan fingerprint density at radius 1 is 1.22 bits per heavy atom. The lowest BCUT2D eigenvalue weighted by atomic mass is 10.0. The predicted octanol–water partition coefficient (Wildman–Crippen LogP) is 2.41. The van der Waals surface area contributed by atoms with Gasteiger partial charge in [0.1, 0.15) is 11.6 Å². The Balaban J connectivity index is 5.25. The first kappa shape index (κ1) is 17.1. The van der Waals surface area contributed by atoms with Crippen molar-refractivity contribution in [1.29, 1.82) is 0 Å². The molecule has 0 aliphatic rings. The molecule has 0 fully saturated rings. The number of carbonyl (C=O) groups excluding carboxylic acids is 1. The van der Waals surface area contributed by atoms with Crippen molar-refractivity contribution in [2.75, 3.05) is 5.75 Å². The van der Waals surface area contributed by atoms with E-state index < -0.39 is 29.2 Å². The van der Waals surface area contributed by atoms with Crippen molar-refractivity contribution in [3.63, 3.8) is 0 Å². The first-order valence-electron chi connectivity index (χ1n) is 5.76. The number of thiol groups is 1. The van der Waals surface area contributed by atoms with Crippen LogP contribution in [0.2, 0.25) is 0 Å². The van der Waals surface area contributed by atoms with Crippen molar-refractivity contribution in [2.45, 2.75) is 58.7 Å². The van der Waals surface area contributed by atoms with Gasteiger partial charge in [-0.25, -0.2) is 9.59 Å². The van der Waals surface area contributed by atoms with Gasteiger partial charge in [0, 0.05) is 11.3 Å². The Hall–Kier alpha value is -0.910. The van der Waals surface area contributed by atoms with E-state index in [0.717, 1.165) is 0 Å². The minimum absolute atomic E-state index is 0.0336. The molecule has 0 bridgehead atoms. The Bertz CT molecular complexity index is 317. The summed E-state index contributed by atoms with van der Waals surface area (Å²) in [6, 6.07) is -1.01. The number of ether oxygens (including phenoxy) is 1. The molecule has 1 atom stereocenters. The molecule has 18 heavy (non-hydrogen) atoms. The van der Waals surface area contributed by atoms with Crippen LogP contribution < -0.4 is 0 Å². The van der Waals surface area contributed by atoms with Gasteiger partial charge in [0.15, 0.2) is 0 Å². The van der Waals surface area contributed by atoms with Gasteiger partial charge < -0.3 is 9.84 Å². The van der Waals surface area contributed by atoms with Crippen molar-refractivity contribution in [1.82, 2.24) is 4.90 Å². The van der Waals surface area contributed by atoms with Crippen LogP contribution in [-0.4, -0.2) is 45.0 Å². The molecule has 0 aromatic rings. The molecule has 0 aliphatic heterocycles. The van der Waals surface area contributed by atoms with Gasteiger partial charge in [-0.05, 0) is 41.5 Å². The minimum atomic E-state index is -1.09. The van der Waals surface area contributed by atoms with Gasteiger partial charge in [-0.1, -0.05) is 0 Å². The fourth-order valence-electron chi connectivity index (χ4n) is 1.45. The lowest BCUT2D eigenvalue weighted by Gasteiger charge is -2.39. The summed E-state index contributed by atoms with van der Waals surface area (Å²) in [5.41, 5.74) is -1.33. The van der Waals surface area contributed by atoms with E-state index in [9.17, 15) is 9.59 Å². The van der Waals surface area contributed by atoms with Crippen molar-refractivity contribution in [2.24, 2.45) is 0 Å². The van der Waals surface area contributed by atoms with E-state index in [1.165, 1.54) is 4.90 Å². The van der Waals surface area contributed by atoms with E-state index in [2.05, 4.69) is 12.6 Å². The zero-order valence-electron chi connectivity index (χ0n) is 11.9. The lowest BCUT2D eigenvalue weighted by Crippen LogP contribution is -2.56. The molecule has 1 amide bonds. The van der Waals surface area contributed by atoms with Crippen LogP contribution in [0, 0.1) is 0 Å². The first-order chi connectivity index (χ1) is 7.90. The van der Waals surface area contributed by atoms with Crippen LogP contribution in [0.1, 0.15) is 41.5 Å². The highest BCUT2D eigenvalue weighted by Gasteiger charge is 2.39. The topological polar surface area (TPSA) is 66.8 Å². The Morgan fingerprint density at radius 3 is 1.89 bits per heavy atom. The quantitative estimate of drug-likeness (QED) is 0.777. The lowest BCUT2D eigenvalue weighted by molar-refractivity contribution is -0.144. The third-order valence-corrected chi connectivity index (χ3v) is 2.43. The van der Waals surface area contributed by atoms with Gasteiger partial charge in [-0.15, -0.1) is 0 Å². The number of carboxylic acid groups (broad SMARTS) is 1. The number of aliphatic carboxylic acids is 1. The van der Waals surface area contributed by atoms with Crippen molar-refractivity contribution < 1.29 is 19.4 Å². The molecule has 0 spiro atoms. The Kier molecular flexibility index (Phi) is 5.53. The van der Waals surface area contributed by atoms with Gasteiger partial charge in [-0.3, -0.25) is 4.90 Å². The number of amides is 1. The highest BCUT2D eigenvalue weighted by atomic mass is 32.1. The standard InChI is InChI=1S/C12H23NO4S/c1-11(2,3)13(8(7-18)9(14)15)10(16)17-12(4,5)6/h8,18H,7H2,1-6H3,(H,14,15)/t8-/m0/s1. The van der Waals surface area contributed by atoms with E-state index >= 15 is 0 Å². The highest BCUT2D eigenvalue weighted by Crippen LogP contribution is 2.22. The molecule has 0 heterocycles. The molecule has 1 N–H and O–H groups in total. The molecule has 0 aliphatic carbocycles. The highest BCUT2D eigenvalue weighted by molar-refractivity contribution is 7.80. The molecule has 0 aromatic carbocycles. The van der Waals surface area contributed by atoms with Crippen LogP contribution in [0.15, 0.2) is 0 Å². The maximum Gasteiger partial charge on any atom is 0.411 e. The summed E-state index contributed by atoms with van der Waals surface area (Å²) >= 11 is 4.00. The number of hydrogen-bond acceptors (Lipinski definition) is 4. The summed E-state index contributed by atoms with van der Waals surface area (Å²) in [5.74, 6) is -1.06. The average molecular weight is 277 g/mol. The number of nitrogens with zero attached hydrogens (tertiary/aromatic N) is 1. The maximum absolute atomic E-state index is 12.1. The normalized spacial score (nSPS) is 13.9. The average Bonchev–Trinajstić information content (AvgIpc) is 2.07. The summed E-state index contributed by atoms with van der Waals surface area (Å²) < 4.78 is 5.25. The molecule has 0 saturated carbocycles. The van der Waals surface area contributed by atoms with E-state index in [4.69, 9.17) is 9.84 Å². The maximum atomic E-state index is 12.1. The van der Waals surface area contributed by atoms with E-state index in [0.29, 0.717) is 0 Å². The molecule has 0 saturated heterocycles. The van der Waals surface area contributed by atoms with E-state index in [1.54, 1.807) is 41.5 Å². The zero-order chi connectivity index (χ0) is 14.7. The number of rotatable bonds is 3. The van der Waals surface area contributed by atoms with Crippen molar-refractivity contribution >= 4 is 24.7 Å². The third-order valence-electron chi connectivity index (χ3n) is 2.08. The predicted molar refractivity (Wildman–Crippen MR) is 73.1 cm³/mol. The number of carbonyl (C=O) groups is 2. The van der Waals surface area contributed by atoms with Gasteiger partial charge >= 0.3 is 12.1 Å². The summed E-state index contributed by atoms with van der Waals surface area (Å²) in [4.78, 5) is 24.5. The number of hydrogen-bond donors (Lipinski definition) is 2. The molecular formula is C12H23NO4S. The largest absolute Gasteiger partial charge is 0.480 e. The molecule has 5 nitrogen and oxygen atoms in total. The molecule has 106 valence electrons. The monoisotopic (exact) mass is 277 g/mol. The minimum Gasteiger partial charge on any atom is -0.480 e. The third kappa shape index (κ3) is 5.16. The van der Waals surface area contributed by atoms with Crippen LogP contribution in [0.4, 0.5) is 4.79 Å². The zero-order valence-corrected chi connectivity index (χ0v) is 12.7. The van der Waals surface area contributed by atoms with E-state index in [1.807, 2.05) is 0 Å². The molecular weight excluding hydrogens is 254 g/mol. The SMILES string of the molecule is CC(C)(C)OC(=O)N([C@@H](CS)C(=O)O)C(C)(C)C. The van der Waals surface area contributed by atoms with Gasteiger partial charge in [0.25, 0.3) is 0 Å². The fourth-order valence-corrected chi connectivity index (χ4v) is 1.77. The second kappa shape index (κ2) is 5.82. The summed E-state index contributed by atoms with van der Waals surface area (Å²) in [6.45, 7) is 10.5. The molecule has 0 rings (SSSR count). The molecule has 0 aromatic heterocycles. The van der Waals surface area contributed by atoms with Crippen LogP contribution in [0.5, 0.6) is 0 Å².